The maximum absolute atomic E-state index is 11.1. The number of nitriles is 1. The Balaban J connectivity index is 2.24. The predicted molar refractivity (Wildman–Crippen MR) is 76.7 cm³/mol. The van der Waals surface area contributed by atoms with E-state index < -0.39 is 0 Å². The largest absolute Gasteiger partial charge is 0.366 e. The molecule has 0 aliphatic carbocycles. The third-order valence-corrected chi connectivity index (χ3v) is 3.84. The van der Waals surface area contributed by atoms with Crippen molar-refractivity contribution in [2.75, 3.05) is 32.1 Å². The molecular weight excluding hydrogens is 256 g/mol. The minimum atomic E-state index is -0.380. The number of nitrogens with zero attached hydrogens (tertiary/aromatic N) is 4. The van der Waals surface area contributed by atoms with Crippen LogP contribution < -0.4 is 4.90 Å². The highest BCUT2D eigenvalue weighted by Gasteiger charge is 2.25. The number of benzene rings is 1. The van der Waals surface area contributed by atoms with Crippen LogP contribution in [0.25, 0.3) is 0 Å². The maximum atomic E-state index is 11.1. The Morgan fingerprint density at radius 2 is 2.05 bits per heavy atom. The van der Waals surface area contributed by atoms with E-state index in [0.29, 0.717) is 17.3 Å². The molecule has 6 heteroatoms. The van der Waals surface area contributed by atoms with Gasteiger partial charge in [0, 0.05) is 25.2 Å². The maximum Gasteiger partial charge on any atom is 0.292 e. The second-order valence-corrected chi connectivity index (χ2v) is 5.25. The highest BCUT2D eigenvalue weighted by Crippen LogP contribution is 2.31. The number of rotatable bonds is 3. The standard InChI is InChI=1S/C14H18N4O2/c1-16(2)12-5-7-17(8-6-12)14-9-11(10-15)3-4-13(14)18(19)20/h3-4,9,12H,5-8H2,1-2H3. The number of hydrogen-bond donors (Lipinski definition) is 0. The van der Waals surface area contributed by atoms with Crippen molar-refractivity contribution in [1.29, 1.82) is 5.26 Å². The third kappa shape index (κ3) is 2.89. The highest BCUT2D eigenvalue weighted by molar-refractivity contribution is 5.66. The molecule has 1 aliphatic rings. The minimum Gasteiger partial charge on any atom is -0.366 e. The van der Waals surface area contributed by atoms with Gasteiger partial charge in [0.05, 0.1) is 16.6 Å². The van der Waals surface area contributed by atoms with Gasteiger partial charge in [-0.3, -0.25) is 10.1 Å². The summed E-state index contributed by atoms with van der Waals surface area (Å²) >= 11 is 0. The van der Waals surface area contributed by atoms with E-state index in [2.05, 4.69) is 19.0 Å². The van der Waals surface area contributed by atoms with E-state index in [4.69, 9.17) is 5.26 Å². The summed E-state index contributed by atoms with van der Waals surface area (Å²) in [6.07, 6.45) is 1.95. The molecule has 0 spiro atoms. The van der Waals surface area contributed by atoms with Gasteiger partial charge in [-0.25, -0.2) is 0 Å². The van der Waals surface area contributed by atoms with Crippen molar-refractivity contribution in [3.05, 3.63) is 33.9 Å². The Labute approximate surface area is 118 Å². The molecule has 1 heterocycles. The quantitative estimate of drug-likeness (QED) is 0.622. The van der Waals surface area contributed by atoms with E-state index in [-0.39, 0.29) is 10.6 Å². The predicted octanol–water partition coefficient (Wildman–Crippen LogP) is 2.00. The zero-order valence-electron chi connectivity index (χ0n) is 11.7. The molecule has 0 aromatic heterocycles. The van der Waals surface area contributed by atoms with Crippen molar-refractivity contribution >= 4 is 11.4 Å². The first-order chi connectivity index (χ1) is 9.52. The van der Waals surface area contributed by atoms with Gasteiger partial charge in [-0.05, 0) is 39.1 Å². The van der Waals surface area contributed by atoms with Crippen LogP contribution in [0, 0.1) is 21.4 Å². The van der Waals surface area contributed by atoms with Crippen molar-refractivity contribution in [2.24, 2.45) is 0 Å². The van der Waals surface area contributed by atoms with Gasteiger partial charge in [-0.15, -0.1) is 0 Å². The summed E-state index contributed by atoms with van der Waals surface area (Å²) in [5.41, 5.74) is 1.10. The smallest absolute Gasteiger partial charge is 0.292 e. The van der Waals surface area contributed by atoms with Crippen molar-refractivity contribution < 1.29 is 4.92 Å². The van der Waals surface area contributed by atoms with Gasteiger partial charge in [-0.1, -0.05) is 0 Å². The van der Waals surface area contributed by atoms with Crippen molar-refractivity contribution in [1.82, 2.24) is 4.90 Å². The number of anilines is 1. The van der Waals surface area contributed by atoms with Gasteiger partial charge in [0.25, 0.3) is 5.69 Å². The van der Waals surface area contributed by atoms with Crippen LogP contribution in [0.15, 0.2) is 18.2 Å². The molecular formula is C14H18N4O2. The Morgan fingerprint density at radius 1 is 1.40 bits per heavy atom. The molecule has 0 saturated carbocycles. The van der Waals surface area contributed by atoms with Crippen LogP contribution in [0.2, 0.25) is 0 Å². The van der Waals surface area contributed by atoms with Gasteiger partial charge >= 0.3 is 0 Å². The SMILES string of the molecule is CN(C)C1CCN(c2cc(C#N)ccc2[N+](=O)[O-])CC1. The topological polar surface area (TPSA) is 73.4 Å². The summed E-state index contributed by atoms with van der Waals surface area (Å²) in [5, 5.41) is 20.1. The molecule has 1 aromatic carbocycles. The summed E-state index contributed by atoms with van der Waals surface area (Å²) < 4.78 is 0. The fourth-order valence-corrected chi connectivity index (χ4v) is 2.62. The number of hydrogen-bond acceptors (Lipinski definition) is 5. The first kappa shape index (κ1) is 14.3. The fourth-order valence-electron chi connectivity index (χ4n) is 2.62. The second kappa shape index (κ2) is 5.88. The molecule has 0 radical (unpaired) electrons. The van der Waals surface area contributed by atoms with Gasteiger partial charge in [0.15, 0.2) is 0 Å². The molecule has 0 unspecified atom stereocenters. The molecule has 0 bridgehead atoms. The van der Waals surface area contributed by atoms with Crippen molar-refractivity contribution in [2.45, 2.75) is 18.9 Å². The first-order valence-corrected chi connectivity index (χ1v) is 6.63. The molecule has 6 nitrogen and oxygen atoms in total. The molecule has 1 fully saturated rings. The molecule has 1 aromatic rings. The van der Waals surface area contributed by atoms with E-state index in [9.17, 15) is 10.1 Å². The van der Waals surface area contributed by atoms with Crippen molar-refractivity contribution in [3.8, 4) is 6.07 Å². The Bertz CT molecular complexity index is 543. The minimum absolute atomic E-state index is 0.0762. The molecule has 1 aliphatic heterocycles. The molecule has 106 valence electrons. The Kier molecular flexibility index (Phi) is 4.20. The van der Waals surface area contributed by atoms with E-state index in [1.54, 1.807) is 6.07 Å². The van der Waals surface area contributed by atoms with Crippen LogP contribution in [0.5, 0.6) is 0 Å². The molecule has 0 atom stereocenters. The average Bonchev–Trinajstić information content (AvgIpc) is 2.46. The monoisotopic (exact) mass is 274 g/mol. The number of nitro groups is 1. The summed E-state index contributed by atoms with van der Waals surface area (Å²) in [6.45, 7) is 1.55. The van der Waals surface area contributed by atoms with Crippen LogP contribution in [0.1, 0.15) is 18.4 Å². The molecule has 20 heavy (non-hydrogen) atoms. The lowest BCUT2D eigenvalue weighted by Gasteiger charge is -2.36. The number of nitro benzene ring substituents is 1. The summed E-state index contributed by atoms with van der Waals surface area (Å²) in [7, 11) is 4.11. The summed E-state index contributed by atoms with van der Waals surface area (Å²) in [4.78, 5) is 14.9. The number of piperidine rings is 1. The van der Waals surface area contributed by atoms with E-state index >= 15 is 0 Å². The fraction of sp³-hybridized carbons (Fsp3) is 0.500. The van der Waals surface area contributed by atoms with Crippen LogP contribution in [0.3, 0.4) is 0 Å². The van der Waals surface area contributed by atoms with Gasteiger partial charge < -0.3 is 9.80 Å². The van der Waals surface area contributed by atoms with Gasteiger partial charge in [0.1, 0.15) is 5.69 Å². The van der Waals surface area contributed by atoms with Crippen LogP contribution >= 0.6 is 0 Å². The summed E-state index contributed by atoms with van der Waals surface area (Å²) in [6, 6.07) is 7.10. The second-order valence-electron chi connectivity index (χ2n) is 5.25. The highest BCUT2D eigenvalue weighted by atomic mass is 16.6. The average molecular weight is 274 g/mol. The first-order valence-electron chi connectivity index (χ1n) is 6.63. The molecule has 2 rings (SSSR count). The van der Waals surface area contributed by atoms with Gasteiger partial charge in [0.2, 0.25) is 0 Å². The van der Waals surface area contributed by atoms with Gasteiger partial charge in [-0.2, -0.15) is 5.26 Å². The normalized spacial score (nSPS) is 16.2. The zero-order valence-corrected chi connectivity index (χ0v) is 11.7. The van der Waals surface area contributed by atoms with E-state index in [1.165, 1.54) is 12.1 Å². The molecule has 1 saturated heterocycles. The zero-order chi connectivity index (χ0) is 14.7. The van der Waals surface area contributed by atoms with Crippen LogP contribution in [-0.2, 0) is 0 Å². The van der Waals surface area contributed by atoms with Crippen molar-refractivity contribution in [3.63, 3.8) is 0 Å². The lowest BCUT2D eigenvalue weighted by Crippen LogP contribution is -2.42. The lowest BCUT2D eigenvalue weighted by molar-refractivity contribution is -0.384. The van der Waals surface area contributed by atoms with Crippen LogP contribution in [0.4, 0.5) is 11.4 Å². The summed E-state index contributed by atoms with van der Waals surface area (Å²) in [5.74, 6) is 0. The Morgan fingerprint density at radius 3 is 2.55 bits per heavy atom. The molecule has 0 amide bonds. The van der Waals surface area contributed by atoms with E-state index in [1.807, 2.05) is 11.0 Å². The third-order valence-electron chi connectivity index (χ3n) is 3.84. The van der Waals surface area contributed by atoms with Crippen LogP contribution in [-0.4, -0.2) is 43.0 Å². The van der Waals surface area contributed by atoms with E-state index in [0.717, 1.165) is 25.9 Å². The molecule has 0 N–H and O–H groups in total. The Hall–Kier alpha value is -2.13. The lowest BCUT2D eigenvalue weighted by atomic mass is 10.0.